The molecule has 3 heterocycles. The lowest BCUT2D eigenvalue weighted by molar-refractivity contribution is -0.118. The van der Waals surface area contributed by atoms with Crippen molar-refractivity contribution in [3.8, 4) is 0 Å². The van der Waals surface area contributed by atoms with Gasteiger partial charge in [-0.25, -0.2) is 4.98 Å². The number of fused-ring (bicyclic) bond motifs is 4. The molecule has 0 spiro atoms. The van der Waals surface area contributed by atoms with Crippen molar-refractivity contribution in [1.29, 1.82) is 0 Å². The summed E-state index contributed by atoms with van der Waals surface area (Å²) < 4.78 is 3.35. The Morgan fingerprint density at radius 2 is 1.97 bits per heavy atom. The highest BCUT2D eigenvalue weighted by molar-refractivity contribution is 7.99. The Morgan fingerprint density at radius 1 is 1.15 bits per heavy atom. The fourth-order valence-corrected chi connectivity index (χ4v) is 4.68. The van der Waals surface area contributed by atoms with Crippen LogP contribution in [0.1, 0.15) is 12.2 Å². The first-order valence-electron chi connectivity index (χ1n) is 11.0. The number of rotatable bonds is 9. The Kier molecular flexibility index (Phi) is 6.13. The normalized spacial score (nSPS) is 11.4. The van der Waals surface area contributed by atoms with Crippen LogP contribution in [0, 0.1) is 0 Å². The third-order valence-electron chi connectivity index (χ3n) is 5.47. The van der Waals surface area contributed by atoms with E-state index in [0.29, 0.717) is 34.9 Å². The lowest BCUT2D eigenvalue weighted by atomic mass is 10.2. The number of amides is 1. The van der Waals surface area contributed by atoms with Crippen LogP contribution >= 0.6 is 11.8 Å². The molecule has 0 unspecified atom stereocenters. The highest BCUT2D eigenvalue weighted by atomic mass is 32.2. The van der Waals surface area contributed by atoms with Gasteiger partial charge < -0.3 is 10.3 Å². The number of carbonyl (C=O) groups excluding carboxylic acids is 1. The fourth-order valence-electron chi connectivity index (χ4n) is 3.91. The molecule has 5 rings (SSSR count). The van der Waals surface area contributed by atoms with Crippen LogP contribution < -0.4 is 10.9 Å². The summed E-state index contributed by atoms with van der Waals surface area (Å²) in [5.41, 5.74) is 2.53. The van der Waals surface area contributed by atoms with E-state index in [1.807, 2.05) is 46.9 Å². The van der Waals surface area contributed by atoms with Crippen LogP contribution in [0.15, 0.2) is 71.1 Å². The zero-order valence-corrected chi connectivity index (χ0v) is 19.2. The van der Waals surface area contributed by atoms with Crippen LogP contribution in [0.2, 0.25) is 0 Å². The number of hydrogen-bond acceptors (Lipinski definition) is 6. The van der Waals surface area contributed by atoms with Crippen LogP contribution in [0.25, 0.3) is 27.7 Å². The van der Waals surface area contributed by atoms with Crippen LogP contribution in [0.4, 0.5) is 0 Å². The third-order valence-corrected chi connectivity index (χ3v) is 6.40. The predicted molar refractivity (Wildman–Crippen MR) is 133 cm³/mol. The van der Waals surface area contributed by atoms with E-state index in [9.17, 15) is 9.59 Å². The first-order chi connectivity index (χ1) is 16.7. The van der Waals surface area contributed by atoms with Crippen LogP contribution in [0.3, 0.4) is 0 Å². The molecule has 9 nitrogen and oxygen atoms in total. The molecule has 0 aliphatic heterocycles. The smallest absolute Gasteiger partial charge is 0.263 e. The molecule has 0 fully saturated rings. The maximum absolute atomic E-state index is 12.9. The minimum Gasteiger partial charge on any atom is -0.355 e. The lowest BCUT2D eigenvalue weighted by Crippen LogP contribution is -2.26. The summed E-state index contributed by atoms with van der Waals surface area (Å²) in [4.78, 5) is 33.2. The number of carbonyl (C=O) groups is 1. The van der Waals surface area contributed by atoms with E-state index in [1.54, 1.807) is 12.1 Å². The van der Waals surface area contributed by atoms with Crippen LogP contribution in [-0.2, 0) is 17.8 Å². The molecule has 34 heavy (non-hydrogen) atoms. The minimum absolute atomic E-state index is 0.0879. The Morgan fingerprint density at radius 3 is 2.82 bits per heavy atom. The standard InChI is InChI=1S/C24H23N7O2S/c1-2-14-30-22(33)16-8-3-6-11-19(16)31-23(30)28-29-24(31)34-15-21(32)25-13-7-12-20-26-17-9-4-5-10-18(17)27-20/h2-6,8-11H,1,7,12-15H2,(H,25,32)(H,26,27). The lowest BCUT2D eigenvalue weighted by Gasteiger charge is -2.09. The Hall–Kier alpha value is -3.92. The predicted octanol–water partition coefficient (Wildman–Crippen LogP) is 2.95. The van der Waals surface area contributed by atoms with Crippen molar-refractivity contribution in [2.24, 2.45) is 0 Å². The van der Waals surface area contributed by atoms with Gasteiger partial charge in [0.15, 0.2) is 5.16 Å². The van der Waals surface area contributed by atoms with Crippen molar-refractivity contribution in [1.82, 2.24) is 34.4 Å². The molecular formula is C24H23N7O2S. The van der Waals surface area contributed by atoms with Gasteiger partial charge in [-0.15, -0.1) is 16.8 Å². The molecule has 5 aromatic rings. The van der Waals surface area contributed by atoms with E-state index in [4.69, 9.17) is 0 Å². The molecule has 3 aromatic heterocycles. The second-order valence-corrected chi connectivity index (χ2v) is 8.72. The summed E-state index contributed by atoms with van der Waals surface area (Å²) >= 11 is 1.29. The highest BCUT2D eigenvalue weighted by Gasteiger charge is 2.17. The van der Waals surface area contributed by atoms with E-state index in [0.717, 1.165) is 29.7 Å². The number of aromatic amines is 1. The molecule has 10 heteroatoms. The molecule has 2 aromatic carbocycles. The van der Waals surface area contributed by atoms with Crippen molar-refractivity contribution in [2.45, 2.75) is 24.5 Å². The van der Waals surface area contributed by atoms with E-state index in [1.165, 1.54) is 16.3 Å². The number of nitrogens with one attached hydrogen (secondary N) is 2. The zero-order valence-electron chi connectivity index (χ0n) is 18.4. The molecule has 0 aliphatic rings. The number of para-hydroxylation sites is 3. The van der Waals surface area contributed by atoms with Gasteiger partial charge in [-0.2, -0.15) is 0 Å². The maximum Gasteiger partial charge on any atom is 0.263 e. The van der Waals surface area contributed by atoms with Gasteiger partial charge in [0.25, 0.3) is 5.56 Å². The van der Waals surface area contributed by atoms with Crippen molar-refractivity contribution < 1.29 is 4.79 Å². The SMILES string of the molecule is C=CCn1c(=O)c2ccccc2n2c(SCC(=O)NCCCc3nc4ccccc4[nH]3)nnc12. The van der Waals surface area contributed by atoms with Crippen molar-refractivity contribution in [2.75, 3.05) is 12.3 Å². The molecule has 0 atom stereocenters. The molecule has 0 saturated carbocycles. The molecule has 1 amide bonds. The fraction of sp³-hybridized carbons (Fsp3) is 0.208. The van der Waals surface area contributed by atoms with Crippen molar-refractivity contribution >= 4 is 45.4 Å². The highest BCUT2D eigenvalue weighted by Crippen LogP contribution is 2.21. The number of imidazole rings is 1. The van der Waals surface area contributed by atoms with E-state index >= 15 is 0 Å². The molecule has 172 valence electrons. The largest absolute Gasteiger partial charge is 0.355 e. The van der Waals surface area contributed by atoms with Crippen molar-refractivity contribution in [3.63, 3.8) is 0 Å². The summed E-state index contributed by atoms with van der Waals surface area (Å²) in [5, 5.41) is 12.5. The molecule has 0 aliphatic carbocycles. The number of H-pyrrole nitrogens is 1. The second kappa shape index (κ2) is 9.52. The summed E-state index contributed by atoms with van der Waals surface area (Å²) in [5.74, 6) is 1.45. The molecule has 0 bridgehead atoms. The van der Waals surface area contributed by atoms with Gasteiger partial charge >= 0.3 is 0 Å². The number of aromatic nitrogens is 6. The molecule has 2 N–H and O–H groups in total. The molecule has 0 radical (unpaired) electrons. The molecule has 0 saturated heterocycles. The van der Waals surface area contributed by atoms with Crippen molar-refractivity contribution in [3.05, 3.63) is 77.4 Å². The first-order valence-corrected chi connectivity index (χ1v) is 11.9. The van der Waals surface area contributed by atoms with Gasteiger partial charge in [0, 0.05) is 19.5 Å². The summed E-state index contributed by atoms with van der Waals surface area (Å²) in [6.45, 7) is 4.61. The minimum atomic E-state index is -0.144. The summed E-state index contributed by atoms with van der Waals surface area (Å²) in [6.07, 6.45) is 3.18. The van der Waals surface area contributed by atoms with E-state index in [-0.39, 0.29) is 17.2 Å². The van der Waals surface area contributed by atoms with E-state index < -0.39 is 0 Å². The van der Waals surface area contributed by atoms with Crippen LogP contribution in [0.5, 0.6) is 0 Å². The van der Waals surface area contributed by atoms with Gasteiger partial charge in [0.1, 0.15) is 5.82 Å². The quantitative estimate of drug-likeness (QED) is 0.194. The number of hydrogen-bond donors (Lipinski definition) is 2. The van der Waals surface area contributed by atoms with Gasteiger partial charge in [-0.1, -0.05) is 42.1 Å². The first kappa shape index (κ1) is 21.9. The molecular weight excluding hydrogens is 450 g/mol. The second-order valence-electron chi connectivity index (χ2n) is 7.78. The van der Waals surface area contributed by atoms with Gasteiger partial charge in [-0.05, 0) is 30.7 Å². The zero-order chi connectivity index (χ0) is 23.5. The van der Waals surface area contributed by atoms with Gasteiger partial charge in [0.2, 0.25) is 11.7 Å². The van der Waals surface area contributed by atoms with E-state index in [2.05, 4.69) is 32.1 Å². The topological polar surface area (TPSA) is 110 Å². The van der Waals surface area contributed by atoms with Gasteiger partial charge in [-0.3, -0.25) is 18.6 Å². The summed E-state index contributed by atoms with van der Waals surface area (Å²) in [7, 11) is 0. The van der Waals surface area contributed by atoms with Crippen LogP contribution in [-0.4, -0.2) is 47.3 Å². The average molecular weight is 474 g/mol. The Bertz CT molecular complexity index is 1530. The number of allylic oxidation sites excluding steroid dienone is 1. The Labute approximate surface area is 198 Å². The van der Waals surface area contributed by atoms with Gasteiger partial charge in [0.05, 0.1) is 27.7 Å². The summed E-state index contributed by atoms with van der Waals surface area (Å²) in [6, 6.07) is 15.2. The maximum atomic E-state index is 12.9. The number of thioether (sulfide) groups is 1. The third kappa shape index (κ3) is 4.19. The average Bonchev–Trinajstić information content (AvgIpc) is 3.47. The Balaban J connectivity index is 1.23. The number of benzene rings is 2. The number of aryl methyl sites for hydroxylation is 1. The monoisotopic (exact) mass is 473 g/mol. The number of nitrogens with zero attached hydrogens (tertiary/aromatic N) is 5.